The van der Waals surface area contributed by atoms with Crippen LogP contribution in [0.1, 0.15) is 50.7 Å². The lowest BCUT2D eigenvalue weighted by Gasteiger charge is -2.22. The van der Waals surface area contributed by atoms with Crippen LogP contribution in [0.3, 0.4) is 0 Å². The molecular weight excluding hydrogens is 721 g/mol. The number of fused-ring (bicyclic) bond motifs is 2. The molecule has 0 aromatic heterocycles. The molecule has 0 spiro atoms. The fourth-order valence-electron chi connectivity index (χ4n) is 9.73. The van der Waals surface area contributed by atoms with Crippen molar-refractivity contribution in [2.24, 2.45) is 0 Å². The first-order valence-corrected chi connectivity index (χ1v) is 21.5. The third-order valence-corrected chi connectivity index (χ3v) is 13.0. The second-order valence-corrected chi connectivity index (χ2v) is 17.3. The van der Waals surface area contributed by atoms with Crippen molar-refractivity contribution in [3.63, 3.8) is 0 Å². The smallest absolute Gasteiger partial charge is 0.00140 e. The molecule has 11 rings (SSSR count). The van der Waals surface area contributed by atoms with Gasteiger partial charge in [0.15, 0.2) is 0 Å². The molecule has 0 heterocycles. The van der Waals surface area contributed by atoms with Gasteiger partial charge in [-0.2, -0.15) is 0 Å². The Bertz CT molecular complexity index is 3410. The van der Waals surface area contributed by atoms with Crippen molar-refractivity contribution in [2.75, 3.05) is 0 Å². The van der Waals surface area contributed by atoms with Crippen LogP contribution in [0.4, 0.5) is 0 Å². The maximum atomic E-state index is 2.48. The summed E-state index contributed by atoms with van der Waals surface area (Å²) in [6.45, 7) is 9.22. The maximum Gasteiger partial charge on any atom is -0.00140 e. The Balaban J connectivity index is 1.17. The first kappa shape index (κ1) is 36.1. The van der Waals surface area contributed by atoms with Gasteiger partial charge in [-0.15, -0.1) is 0 Å². The standard InChI is InChI=1S/C60H46/c1-37(2)39-19-23-42(24-20-39)56-36-58(50-18-10-16-46(34-50)48-26-22-41-12-6-8-14-44(41)32-48)54-28-27-51-55(38(3)4)35-57(53-30-29-52(56)60(54)59(51)53)49-17-9-15-45(33-49)47-25-21-40-11-5-7-13-43(40)31-47/h5-38H,1-4H3. The third-order valence-electron chi connectivity index (χ3n) is 13.0. The number of rotatable bonds is 7. The first-order chi connectivity index (χ1) is 29.4. The molecule has 11 aromatic rings. The molecule has 0 N–H and O–H groups in total. The monoisotopic (exact) mass is 766 g/mol. The topological polar surface area (TPSA) is 0 Å². The quantitative estimate of drug-likeness (QED) is 0.142. The Morgan fingerprint density at radius 1 is 0.267 bits per heavy atom. The van der Waals surface area contributed by atoms with Crippen LogP contribution in [0.25, 0.3) is 109 Å². The molecule has 0 nitrogen and oxygen atoms in total. The van der Waals surface area contributed by atoms with Crippen LogP contribution >= 0.6 is 0 Å². The van der Waals surface area contributed by atoms with Gasteiger partial charge in [-0.3, -0.25) is 0 Å². The van der Waals surface area contributed by atoms with Crippen molar-refractivity contribution in [1.82, 2.24) is 0 Å². The van der Waals surface area contributed by atoms with Crippen molar-refractivity contribution in [2.45, 2.75) is 39.5 Å². The molecule has 0 heteroatoms. The summed E-state index contributed by atoms with van der Waals surface area (Å²) in [6, 6.07) is 73.1. The molecule has 0 aliphatic carbocycles. The van der Waals surface area contributed by atoms with Gasteiger partial charge in [0.25, 0.3) is 0 Å². The summed E-state index contributed by atoms with van der Waals surface area (Å²) >= 11 is 0. The molecule has 0 aliphatic heterocycles. The van der Waals surface area contributed by atoms with Gasteiger partial charge in [0, 0.05) is 0 Å². The van der Waals surface area contributed by atoms with Gasteiger partial charge in [0.2, 0.25) is 0 Å². The molecule has 286 valence electrons. The molecule has 0 saturated heterocycles. The van der Waals surface area contributed by atoms with E-state index >= 15 is 0 Å². The fraction of sp³-hybridized carbons (Fsp3) is 0.100. The maximum absolute atomic E-state index is 2.48. The van der Waals surface area contributed by atoms with Gasteiger partial charge in [0.05, 0.1) is 0 Å². The molecule has 0 saturated carbocycles. The predicted octanol–water partition coefficient (Wildman–Crippen LogP) is 17.5. The first-order valence-electron chi connectivity index (χ1n) is 21.5. The highest BCUT2D eigenvalue weighted by atomic mass is 14.2. The summed E-state index contributed by atoms with van der Waals surface area (Å²) in [5.41, 5.74) is 15.2. The minimum absolute atomic E-state index is 0.346. The number of benzene rings is 11. The lowest BCUT2D eigenvalue weighted by atomic mass is 9.81. The van der Waals surface area contributed by atoms with Gasteiger partial charge < -0.3 is 0 Å². The van der Waals surface area contributed by atoms with Gasteiger partial charge in [0.1, 0.15) is 0 Å². The Hall–Kier alpha value is -7.02. The van der Waals surface area contributed by atoms with E-state index in [1.807, 2.05) is 0 Å². The SMILES string of the molecule is CC(C)c1ccc(-c2cc(-c3cccc(-c4ccc5ccccc5c4)c3)c3ccc4c(C(C)C)cc(-c5cccc(-c6ccc7ccccc7c6)c5)c5ccc2c3c54)cc1. The van der Waals surface area contributed by atoms with Crippen LogP contribution in [0.5, 0.6) is 0 Å². The highest BCUT2D eigenvalue weighted by Crippen LogP contribution is 2.48. The predicted molar refractivity (Wildman–Crippen MR) is 261 cm³/mol. The molecule has 0 unspecified atom stereocenters. The van der Waals surface area contributed by atoms with Crippen LogP contribution < -0.4 is 0 Å². The number of hydrogen-bond acceptors (Lipinski definition) is 0. The molecule has 0 aliphatic rings. The highest BCUT2D eigenvalue weighted by molar-refractivity contribution is 6.30. The molecule has 0 fully saturated rings. The lowest BCUT2D eigenvalue weighted by molar-refractivity contribution is 0.867. The van der Waals surface area contributed by atoms with E-state index in [4.69, 9.17) is 0 Å². The summed E-state index contributed by atoms with van der Waals surface area (Å²) in [5, 5.41) is 13.0. The van der Waals surface area contributed by atoms with Crippen LogP contribution in [0, 0.1) is 0 Å². The van der Waals surface area contributed by atoms with Crippen LogP contribution in [0.2, 0.25) is 0 Å². The fourth-order valence-corrected chi connectivity index (χ4v) is 9.73. The highest BCUT2D eigenvalue weighted by Gasteiger charge is 2.22. The van der Waals surface area contributed by atoms with E-state index in [1.54, 1.807) is 0 Å². The van der Waals surface area contributed by atoms with E-state index < -0.39 is 0 Å². The second kappa shape index (κ2) is 14.4. The van der Waals surface area contributed by atoms with Gasteiger partial charge >= 0.3 is 0 Å². The average molecular weight is 767 g/mol. The molecule has 11 aromatic carbocycles. The number of hydrogen-bond donors (Lipinski definition) is 0. The van der Waals surface area contributed by atoms with Crippen LogP contribution in [0.15, 0.2) is 194 Å². The zero-order valence-corrected chi connectivity index (χ0v) is 34.6. The van der Waals surface area contributed by atoms with E-state index in [2.05, 4.69) is 222 Å². The second-order valence-electron chi connectivity index (χ2n) is 17.3. The zero-order chi connectivity index (χ0) is 40.5. The van der Waals surface area contributed by atoms with Crippen molar-refractivity contribution < 1.29 is 0 Å². The summed E-state index contributed by atoms with van der Waals surface area (Å²) in [4.78, 5) is 0. The summed E-state index contributed by atoms with van der Waals surface area (Å²) < 4.78 is 0. The average Bonchev–Trinajstić information content (AvgIpc) is 3.30. The van der Waals surface area contributed by atoms with E-state index in [1.165, 1.54) is 121 Å². The Morgan fingerprint density at radius 2 is 0.683 bits per heavy atom. The molecular formula is C60H46. The Morgan fingerprint density at radius 3 is 1.20 bits per heavy atom. The van der Waals surface area contributed by atoms with Crippen LogP contribution in [-0.4, -0.2) is 0 Å². The van der Waals surface area contributed by atoms with Gasteiger partial charge in [-0.25, -0.2) is 0 Å². The van der Waals surface area contributed by atoms with E-state index in [0.717, 1.165) is 0 Å². The summed E-state index contributed by atoms with van der Waals surface area (Å²) in [7, 11) is 0. The van der Waals surface area contributed by atoms with E-state index in [-0.39, 0.29) is 0 Å². The van der Waals surface area contributed by atoms with Crippen molar-refractivity contribution in [3.8, 4) is 55.6 Å². The van der Waals surface area contributed by atoms with Gasteiger partial charge in [-0.1, -0.05) is 185 Å². The zero-order valence-electron chi connectivity index (χ0n) is 34.6. The lowest BCUT2D eigenvalue weighted by Crippen LogP contribution is -1.97. The molecule has 0 radical (unpaired) electrons. The van der Waals surface area contributed by atoms with Crippen molar-refractivity contribution in [3.05, 3.63) is 205 Å². The summed E-state index contributed by atoms with van der Waals surface area (Å²) in [6.07, 6.45) is 0. The van der Waals surface area contributed by atoms with E-state index in [0.29, 0.717) is 11.8 Å². The van der Waals surface area contributed by atoms with Gasteiger partial charge in [-0.05, 0) is 169 Å². The molecule has 0 atom stereocenters. The minimum atomic E-state index is 0.346. The minimum Gasteiger partial charge on any atom is -0.0616 e. The largest absolute Gasteiger partial charge is 0.0616 e. The van der Waals surface area contributed by atoms with Crippen molar-refractivity contribution >= 4 is 53.9 Å². The van der Waals surface area contributed by atoms with Crippen molar-refractivity contribution in [1.29, 1.82) is 0 Å². The molecule has 0 amide bonds. The Kier molecular flexibility index (Phi) is 8.64. The third kappa shape index (κ3) is 6.06. The summed E-state index contributed by atoms with van der Waals surface area (Å²) in [5.74, 6) is 0.819. The van der Waals surface area contributed by atoms with Crippen LogP contribution in [-0.2, 0) is 0 Å². The van der Waals surface area contributed by atoms with E-state index in [9.17, 15) is 0 Å². The molecule has 60 heavy (non-hydrogen) atoms. The normalized spacial score (nSPS) is 12.0. The Labute approximate surface area is 352 Å². The molecule has 0 bridgehead atoms.